The van der Waals surface area contributed by atoms with Crippen LogP contribution in [-0.4, -0.2) is 16.2 Å². The van der Waals surface area contributed by atoms with Crippen molar-refractivity contribution in [2.45, 2.75) is 6.92 Å². The number of aromatic carboxylic acids is 1. The summed E-state index contributed by atoms with van der Waals surface area (Å²) < 4.78 is 0.416. The molecule has 0 saturated carbocycles. The monoisotopic (exact) mass is 354 g/mol. The number of carbonyl (C=O) groups is 2. The molecule has 0 bridgehead atoms. The lowest BCUT2D eigenvalue weighted by atomic mass is 10.1. The quantitative estimate of drug-likeness (QED) is 0.627. The van der Waals surface area contributed by atoms with E-state index < -0.39 is 5.97 Å². The Morgan fingerprint density at radius 3 is 2.33 bits per heavy atom. The minimum absolute atomic E-state index is 0.0550. The highest BCUT2D eigenvalue weighted by atomic mass is 32.2. The van der Waals surface area contributed by atoms with Gasteiger partial charge in [0.05, 0.1) is 16.6 Å². The normalized spacial score (nSPS) is 16.0. The van der Waals surface area contributed by atoms with Gasteiger partial charge in [0.25, 0.3) is 5.91 Å². The molecule has 1 aliphatic heterocycles. The zero-order valence-electron chi connectivity index (χ0n) is 12.7. The molecule has 4 nitrogen and oxygen atoms in total. The van der Waals surface area contributed by atoms with E-state index in [1.807, 2.05) is 31.2 Å². The van der Waals surface area contributed by atoms with Crippen LogP contribution in [-0.2, 0) is 4.79 Å². The van der Waals surface area contributed by atoms with E-state index in [9.17, 15) is 14.7 Å². The van der Waals surface area contributed by atoms with E-state index in [0.717, 1.165) is 11.1 Å². The van der Waals surface area contributed by atoms with E-state index in [0.29, 0.717) is 14.9 Å². The Hall–Kier alpha value is -2.44. The summed E-state index contributed by atoms with van der Waals surface area (Å²) in [6.07, 6.45) is 1.80. The van der Waals surface area contributed by atoms with Crippen LogP contribution in [0.1, 0.15) is 21.5 Å². The zero-order valence-corrected chi connectivity index (χ0v) is 14.3. The van der Waals surface area contributed by atoms with Crippen LogP contribution in [0.3, 0.4) is 0 Å². The fourth-order valence-electron chi connectivity index (χ4n) is 2.25. The van der Waals surface area contributed by atoms with E-state index in [4.69, 9.17) is 12.2 Å². The van der Waals surface area contributed by atoms with Crippen LogP contribution in [0, 0.1) is 6.92 Å². The van der Waals surface area contributed by atoms with E-state index in [1.165, 1.54) is 28.8 Å². The molecule has 0 radical (unpaired) electrons. The smallest absolute Gasteiger partial charge is 0.270 e. The van der Waals surface area contributed by atoms with Crippen molar-refractivity contribution >= 4 is 51.9 Å². The highest BCUT2D eigenvalue weighted by Gasteiger charge is 2.33. The Kier molecular flexibility index (Phi) is 4.51. The molecule has 0 aliphatic carbocycles. The first kappa shape index (κ1) is 16.4. The molecule has 2 aromatic rings. The van der Waals surface area contributed by atoms with Crippen LogP contribution >= 0.6 is 24.0 Å². The van der Waals surface area contributed by atoms with E-state index in [2.05, 4.69) is 0 Å². The number of nitrogens with zero attached hydrogens (tertiary/aromatic N) is 1. The van der Waals surface area contributed by atoms with Crippen LogP contribution < -0.4 is 10.0 Å². The van der Waals surface area contributed by atoms with Crippen molar-refractivity contribution < 1.29 is 14.7 Å². The summed E-state index contributed by atoms with van der Waals surface area (Å²) >= 11 is 6.52. The maximum absolute atomic E-state index is 12.6. The summed E-state index contributed by atoms with van der Waals surface area (Å²) in [5.74, 6) is -1.47. The molecule has 2 aromatic carbocycles. The molecule has 0 unspecified atom stereocenters. The van der Waals surface area contributed by atoms with Gasteiger partial charge >= 0.3 is 0 Å². The van der Waals surface area contributed by atoms with Gasteiger partial charge < -0.3 is 9.90 Å². The SMILES string of the molecule is Cc1ccc(/C=C2/SC(=S)N(c3ccc(C(=O)[O-])cc3)C2=O)cc1. The molecule has 1 fully saturated rings. The minimum Gasteiger partial charge on any atom is -0.545 e. The summed E-state index contributed by atoms with van der Waals surface area (Å²) in [6, 6.07) is 13.7. The first-order chi connectivity index (χ1) is 11.5. The van der Waals surface area contributed by atoms with Crippen LogP contribution in [0.15, 0.2) is 53.4 Å². The second-order valence-electron chi connectivity index (χ2n) is 5.26. The second kappa shape index (κ2) is 6.59. The summed E-state index contributed by atoms with van der Waals surface area (Å²) in [5, 5.41) is 10.8. The number of amides is 1. The lowest BCUT2D eigenvalue weighted by Gasteiger charge is -2.15. The minimum atomic E-state index is -1.26. The second-order valence-corrected chi connectivity index (χ2v) is 6.94. The predicted octanol–water partition coefficient (Wildman–Crippen LogP) is 2.76. The summed E-state index contributed by atoms with van der Waals surface area (Å²) in [6.45, 7) is 2.00. The number of hydrogen-bond acceptors (Lipinski definition) is 5. The highest BCUT2D eigenvalue weighted by molar-refractivity contribution is 8.27. The van der Waals surface area contributed by atoms with Crippen LogP contribution in [0.5, 0.6) is 0 Å². The predicted molar refractivity (Wildman–Crippen MR) is 97.6 cm³/mol. The third-order valence-electron chi connectivity index (χ3n) is 3.53. The fourth-order valence-corrected chi connectivity index (χ4v) is 3.55. The molecule has 120 valence electrons. The Morgan fingerprint density at radius 1 is 1.12 bits per heavy atom. The van der Waals surface area contributed by atoms with Crippen molar-refractivity contribution in [3.63, 3.8) is 0 Å². The molecule has 1 saturated heterocycles. The average Bonchev–Trinajstić information content (AvgIpc) is 2.83. The number of aryl methyl sites for hydroxylation is 1. The largest absolute Gasteiger partial charge is 0.545 e. The fraction of sp³-hybridized carbons (Fsp3) is 0.0556. The van der Waals surface area contributed by atoms with Gasteiger partial charge in [-0.3, -0.25) is 9.69 Å². The lowest BCUT2D eigenvalue weighted by molar-refractivity contribution is -0.255. The molecule has 0 aromatic heterocycles. The van der Waals surface area contributed by atoms with Gasteiger partial charge in [-0.2, -0.15) is 0 Å². The molecule has 6 heteroatoms. The summed E-state index contributed by atoms with van der Waals surface area (Å²) in [5.41, 5.74) is 2.66. The number of carboxylic acid groups (broad SMARTS) is 1. The zero-order chi connectivity index (χ0) is 17.3. The molecule has 1 heterocycles. The number of hydrogen-bond donors (Lipinski definition) is 0. The van der Waals surface area contributed by atoms with Gasteiger partial charge in [-0.25, -0.2) is 0 Å². The first-order valence-electron chi connectivity index (χ1n) is 7.12. The Morgan fingerprint density at radius 2 is 1.75 bits per heavy atom. The van der Waals surface area contributed by atoms with Crippen LogP contribution in [0.25, 0.3) is 6.08 Å². The number of rotatable bonds is 3. The Bertz CT molecular complexity index is 855. The maximum Gasteiger partial charge on any atom is 0.270 e. The molecule has 0 N–H and O–H groups in total. The van der Waals surface area contributed by atoms with E-state index >= 15 is 0 Å². The summed E-state index contributed by atoms with van der Waals surface area (Å²) in [7, 11) is 0. The van der Waals surface area contributed by atoms with Gasteiger partial charge in [0.1, 0.15) is 0 Å². The standard InChI is InChI=1S/C18H13NO3S2/c1-11-2-4-12(5-3-11)10-15-16(20)19(18(23)24-15)14-8-6-13(7-9-14)17(21)22/h2-10H,1H3,(H,21,22)/p-1/b15-10+. The Labute approximate surface area is 148 Å². The topological polar surface area (TPSA) is 60.4 Å². The van der Waals surface area contributed by atoms with Crippen LogP contribution in [0.4, 0.5) is 5.69 Å². The molecule has 0 spiro atoms. The maximum atomic E-state index is 12.6. The third kappa shape index (κ3) is 3.25. The van der Waals surface area contributed by atoms with Crippen LogP contribution in [0.2, 0.25) is 0 Å². The number of thiocarbonyl (C=S) groups is 1. The van der Waals surface area contributed by atoms with Crippen molar-refractivity contribution in [3.05, 3.63) is 70.1 Å². The van der Waals surface area contributed by atoms with Gasteiger partial charge in [-0.15, -0.1) is 0 Å². The molecule has 0 atom stereocenters. The highest BCUT2D eigenvalue weighted by Crippen LogP contribution is 2.36. The lowest BCUT2D eigenvalue weighted by Crippen LogP contribution is -2.28. The molecule has 1 amide bonds. The van der Waals surface area contributed by atoms with Gasteiger partial charge in [0.15, 0.2) is 4.32 Å². The van der Waals surface area contributed by atoms with Crippen molar-refractivity contribution in [3.8, 4) is 0 Å². The van der Waals surface area contributed by atoms with Crippen molar-refractivity contribution in [2.24, 2.45) is 0 Å². The molecular formula is C18H12NO3S2-. The van der Waals surface area contributed by atoms with Gasteiger partial charge in [-0.05, 0) is 36.3 Å². The van der Waals surface area contributed by atoms with Crippen molar-refractivity contribution in [1.82, 2.24) is 0 Å². The average molecular weight is 354 g/mol. The molecule has 1 aliphatic rings. The number of thioether (sulfide) groups is 1. The summed E-state index contributed by atoms with van der Waals surface area (Å²) in [4.78, 5) is 25.4. The number of carbonyl (C=O) groups excluding carboxylic acids is 2. The van der Waals surface area contributed by atoms with Gasteiger partial charge in [0.2, 0.25) is 0 Å². The van der Waals surface area contributed by atoms with Crippen molar-refractivity contribution in [1.29, 1.82) is 0 Å². The van der Waals surface area contributed by atoms with E-state index in [1.54, 1.807) is 18.2 Å². The third-order valence-corrected chi connectivity index (χ3v) is 4.83. The number of carboxylic acids is 1. The Balaban J connectivity index is 1.88. The van der Waals surface area contributed by atoms with Gasteiger partial charge in [-0.1, -0.05) is 65.9 Å². The van der Waals surface area contributed by atoms with Crippen molar-refractivity contribution in [2.75, 3.05) is 4.90 Å². The molecular weight excluding hydrogens is 342 g/mol. The number of benzene rings is 2. The van der Waals surface area contributed by atoms with Gasteiger partial charge in [0, 0.05) is 0 Å². The molecule has 24 heavy (non-hydrogen) atoms. The number of anilines is 1. The first-order valence-corrected chi connectivity index (χ1v) is 8.34. The van der Waals surface area contributed by atoms with E-state index in [-0.39, 0.29) is 11.5 Å². The molecule has 3 rings (SSSR count).